The van der Waals surface area contributed by atoms with E-state index in [0.29, 0.717) is 18.9 Å². The highest BCUT2D eigenvalue weighted by atomic mass is 28.4. The summed E-state index contributed by atoms with van der Waals surface area (Å²) < 4.78 is 6.26. The molecule has 168 valence electrons. The number of aryl methyl sites for hydroxylation is 1. The molecule has 1 aliphatic heterocycles. The molecule has 0 unspecified atom stereocenters. The van der Waals surface area contributed by atoms with Gasteiger partial charge < -0.3 is 14.2 Å². The van der Waals surface area contributed by atoms with Gasteiger partial charge >= 0.3 is 6.03 Å². The molecule has 0 bridgehead atoms. The minimum atomic E-state index is -1.91. The van der Waals surface area contributed by atoms with Crippen LogP contribution in [-0.2, 0) is 0 Å². The highest BCUT2D eigenvalue weighted by Gasteiger charge is 2.39. The number of carbonyl (C=O) groups excluding carboxylic acids is 1. The Morgan fingerprint density at radius 1 is 1.03 bits per heavy atom. The lowest BCUT2D eigenvalue weighted by Gasteiger charge is -2.36. The average Bonchev–Trinajstić information content (AvgIpc) is 2.95. The van der Waals surface area contributed by atoms with E-state index in [-0.39, 0.29) is 11.1 Å². The molecule has 0 aromatic carbocycles. The second kappa shape index (κ2) is 9.26. The van der Waals surface area contributed by atoms with E-state index in [1.54, 1.807) is 12.3 Å². The lowest BCUT2D eigenvalue weighted by molar-refractivity contribution is 0.215. The van der Waals surface area contributed by atoms with Gasteiger partial charge in [0.2, 0.25) is 0 Å². The molecule has 2 aromatic rings. The fraction of sp³-hybridized carbons (Fsp3) is 0.522. The first kappa shape index (κ1) is 23.1. The first-order valence-electron chi connectivity index (χ1n) is 10.9. The Hall–Kier alpha value is -2.61. The normalized spacial score (nSPS) is 15.4. The predicted octanol–water partition coefficient (Wildman–Crippen LogP) is 4.91. The Balaban J connectivity index is 1.56. The minimum Gasteiger partial charge on any atom is -0.542 e. The van der Waals surface area contributed by atoms with Crippen molar-refractivity contribution in [2.24, 2.45) is 0 Å². The Bertz CT molecular complexity index is 878. The summed E-state index contributed by atoms with van der Waals surface area (Å²) in [5.41, 5.74) is 1.15. The summed E-state index contributed by atoms with van der Waals surface area (Å²) in [6, 6.07) is 7.69. The van der Waals surface area contributed by atoms with E-state index in [2.05, 4.69) is 60.1 Å². The Labute approximate surface area is 187 Å². The number of hydrogen-bond acceptors (Lipinski definition) is 5. The lowest BCUT2D eigenvalue weighted by atomic mass is 10.2. The van der Waals surface area contributed by atoms with Crippen LogP contribution in [0.25, 0.3) is 0 Å². The summed E-state index contributed by atoms with van der Waals surface area (Å²) in [6.07, 6.45) is 4.48. The molecule has 0 saturated carbocycles. The Kier molecular flexibility index (Phi) is 6.89. The summed E-state index contributed by atoms with van der Waals surface area (Å²) in [4.78, 5) is 25.8. The van der Waals surface area contributed by atoms with Crippen molar-refractivity contribution in [2.45, 2.75) is 52.2 Å². The van der Waals surface area contributed by atoms with Crippen LogP contribution >= 0.6 is 0 Å². The molecule has 7 nitrogen and oxygen atoms in total. The number of rotatable bonds is 4. The number of anilines is 2. The van der Waals surface area contributed by atoms with E-state index in [1.807, 2.05) is 30.2 Å². The number of pyridine rings is 2. The van der Waals surface area contributed by atoms with Gasteiger partial charge in [-0.15, -0.1) is 0 Å². The van der Waals surface area contributed by atoms with Crippen molar-refractivity contribution in [3.63, 3.8) is 0 Å². The van der Waals surface area contributed by atoms with Gasteiger partial charge in [-0.2, -0.15) is 0 Å². The van der Waals surface area contributed by atoms with Crippen LogP contribution in [0, 0.1) is 6.92 Å². The fourth-order valence-electron chi connectivity index (χ4n) is 3.15. The van der Waals surface area contributed by atoms with Crippen LogP contribution in [0.1, 0.15) is 32.8 Å². The molecule has 8 heteroatoms. The van der Waals surface area contributed by atoms with E-state index in [4.69, 9.17) is 4.43 Å². The Morgan fingerprint density at radius 3 is 2.42 bits per heavy atom. The maximum atomic E-state index is 12.8. The second-order valence-corrected chi connectivity index (χ2v) is 14.4. The van der Waals surface area contributed by atoms with Gasteiger partial charge in [-0.3, -0.25) is 5.32 Å². The third-order valence-electron chi connectivity index (χ3n) is 6.15. The number of amides is 2. The van der Waals surface area contributed by atoms with Crippen LogP contribution in [0.5, 0.6) is 5.75 Å². The summed E-state index contributed by atoms with van der Waals surface area (Å²) in [6.45, 7) is 16.1. The molecule has 1 aliphatic rings. The van der Waals surface area contributed by atoms with Gasteiger partial charge in [0.1, 0.15) is 17.4 Å². The van der Waals surface area contributed by atoms with Gasteiger partial charge in [-0.05, 0) is 55.2 Å². The van der Waals surface area contributed by atoms with Crippen LogP contribution < -0.4 is 14.6 Å². The number of nitrogens with zero attached hydrogens (tertiary/aromatic N) is 4. The van der Waals surface area contributed by atoms with Crippen molar-refractivity contribution in [1.82, 2.24) is 14.9 Å². The van der Waals surface area contributed by atoms with Gasteiger partial charge in [-0.25, -0.2) is 14.8 Å². The number of carbonyl (C=O) groups is 1. The number of aromatic nitrogens is 2. The van der Waals surface area contributed by atoms with E-state index >= 15 is 0 Å². The maximum absolute atomic E-state index is 12.8. The molecule has 31 heavy (non-hydrogen) atoms. The summed E-state index contributed by atoms with van der Waals surface area (Å²) in [5, 5.41) is 3.04. The van der Waals surface area contributed by atoms with Crippen molar-refractivity contribution in [2.75, 3.05) is 36.4 Å². The first-order valence-corrected chi connectivity index (χ1v) is 13.8. The molecule has 2 aromatic heterocycles. The monoisotopic (exact) mass is 441 g/mol. The molecule has 1 fully saturated rings. The predicted molar refractivity (Wildman–Crippen MR) is 128 cm³/mol. The van der Waals surface area contributed by atoms with Crippen molar-refractivity contribution in [3.8, 4) is 5.75 Å². The molecule has 0 aliphatic carbocycles. The fourth-order valence-corrected chi connectivity index (χ4v) is 4.16. The topological polar surface area (TPSA) is 70.6 Å². The zero-order valence-electron chi connectivity index (χ0n) is 19.6. The van der Waals surface area contributed by atoms with Crippen LogP contribution in [0.2, 0.25) is 18.1 Å². The zero-order chi connectivity index (χ0) is 22.6. The summed E-state index contributed by atoms with van der Waals surface area (Å²) in [7, 11) is -1.91. The molecular formula is C23H35N5O2Si. The average molecular weight is 442 g/mol. The zero-order valence-corrected chi connectivity index (χ0v) is 20.6. The second-order valence-electron chi connectivity index (χ2n) is 9.69. The molecule has 3 rings (SSSR count). The quantitative estimate of drug-likeness (QED) is 0.683. The summed E-state index contributed by atoms with van der Waals surface area (Å²) >= 11 is 0. The number of nitrogens with one attached hydrogen (secondary N) is 1. The van der Waals surface area contributed by atoms with Crippen molar-refractivity contribution < 1.29 is 9.22 Å². The molecular weight excluding hydrogens is 406 g/mol. The van der Waals surface area contributed by atoms with Crippen LogP contribution in [0.4, 0.5) is 16.4 Å². The van der Waals surface area contributed by atoms with E-state index in [0.717, 1.165) is 36.6 Å². The highest BCUT2D eigenvalue weighted by Crippen LogP contribution is 2.37. The van der Waals surface area contributed by atoms with Gasteiger partial charge in [0, 0.05) is 32.4 Å². The van der Waals surface area contributed by atoms with Crippen molar-refractivity contribution in [1.29, 1.82) is 0 Å². The smallest absolute Gasteiger partial charge is 0.323 e. The van der Waals surface area contributed by atoms with Crippen LogP contribution in [0.3, 0.4) is 0 Å². The lowest BCUT2D eigenvalue weighted by Crippen LogP contribution is -2.43. The van der Waals surface area contributed by atoms with Crippen LogP contribution in [-0.4, -0.2) is 55.4 Å². The molecule has 0 atom stereocenters. The number of urea groups is 1. The minimum absolute atomic E-state index is 0.120. The van der Waals surface area contributed by atoms with E-state index in [9.17, 15) is 4.79 Å². The molecule has 2 amide bonds. The highest BCUT2D eigenvalue weighted by molar-refractivity contribution is 6.74. The molecule has 1 N–H and O–H groups in total. The standard InChI is InChI=1S/C23H35N5O2Si/c1-18-8-11-21(25-16-18)27-12-7-13-28(15-14-27)22(29)26-20-10-9-19(17-24-20)30-31(5,6)23(2,3)4/h8-11,16-17H,7,12-15H2,1-6H3,(H,24,26,29). The first-order chi connectivity index (χ1) is 14.5. The Morgan fingerprint density at radius 2 is 1.81 bits per heavy atom. The van der Waals surface area contributed by atoms with Crippen LogP contribution in [0.15, 0.2) is 36.7 Å². The van der Waals surface area contributed by atoms with Gasteiger partial charge in [0.25, 0.3) is 8.32 Å². The molecule has 3 heterocycles. The summed E-state index contributed by atoms with van der Waals surface area (Å²) in [5.74, 6) is 2.25. The van der Waals surface area contributed by atoms with Gasteiger partial charge in [0.15, 0.2) is 0 Å². The van der Waals surface area contributed by atoms with Crippen molar-refractivity contribution >= 4 is 26.0 Å². The van der Waals surface area contributed by atoms with Gasteiger partial charge in [-0.1, -0.05) is 26.8 Å². The van der Waals surface area contributed by atoms with Gasteiger partial charge in [0.05, 0.1) is 6.20 Å². The van der Waals surface area contributed by atoms with E-state index < -0.39 is 8.32 Å². The SMILES string of the molecule is Cc1ccc(N2CCCN(C(=O)Nc3ccc(O[Si](C)(C)C(C)(C)C)cn3)CC2)nc1. The third kappa shape index (κ3) is 5.97. The molecule has 1 saturated heterocycles. The van der Waals surface area contributed by atoms with E-state index in [1.165, 1.54) is 0 Å². The largest absolute Gasteiger partial charge is 0.542 e. The third-order valence-corrected chi connectivity index (χ3v) is 10.5. The molecule has 0 spiro atoms. The van der Waals surface area contributed by atoms with Crippen molar-refractivity contribution in [3.05, 3.63) is 42.2 Å². The number of hydrogen-bond donors (Lipinski definition) is 1. The molecule has 0 radical (unpaired) electrons. The maximum Gasteiger partial charge on any atom is 0.323 e.